The first-order valence-electron chi connectivity index (χ1n) is 4.28. The van der Waals surface area contributed by atoms with E-state index in [4.69, 9.17) is 11.5 Å². The molecule has 1 aromatic rings. The molecule has 13 heavy (non-hydrogen) atoms. The largest absolute Gasteiger partial charge is 0.398 e. The van der Waals surface area contributed by atoms with Gasteiger partial charge in [0.1, 0.15) is 0 Å². The Morgan fingerprint density at radius 1 is 1.31 bits per heavy atom. The van der Waals surface area contributed by atoms with E-state index in [9.17, 15) is 4.79 Å². The molecule has 0 aliphatic heterocycles. The van der Waals surface area contributed by atoms with Gasteiger partial charge < -0.3 is 11.5 Å². The van der Waals surface area contributed by atoms with Gasteiger partial charge in [-0.2, -0.15) is 0 Å². The number of anilines is 1. The molecule has 0 aliphatic rings. The van der Waals surface area contributed by atoms with Crippen LogP contribution in [0.15, 0.2) is 18.2 Å². The van der Waals surface area contributed by atoms with Crippen LogP contribution in [0, 0.1) is 6.92 Å². The quantitative estimate of drug-likeness (QED) is 0.646. The number of para-hydroxylation sites is 1. The van der Waals surface area contributed by atoms with Crippen molar-refractivity contribution in [1.29, 1.82) is 0 Å². The fraction of sp³-hybridized carbons (Fsp3) is 0.300. The van der Waals surface area contributed by atoms with E-state index in [0.717, 1.165) is 5.56 Å². The Morgan fingerprint density at radius 2 is 1.85 bits per heavy atom. The predicted molar refractivity (Wildman–Crippen MR) is 55.5 cm³/mol. The molecule has 4 N–H and O–H groups in total. The number of hydrogen-bond donors (Lipinski definition) is 2. The summed E-state index contributed by atoms with van der Waals surface area (Å²) in [6.45, 7) is 5.84. The maximum atomic E-state index is 10.7. The van der Waals surface area contributed by atoms with Crippen molar-refractivity contribution in [2.75, 3.05) is 5.73 Å². The zero-order chi connectivity index (χ0) is 10.4. The lowest BCUT2D eigenvalue weighted by atomic mass is 10.1. The highest BCUT2D eigenvalue weighted by atomic mass is 16.1. The second-order valence-corrected chi connectivity index (χ2v) is 2.40. The number of nitrogens with two attached hydrogens (primary N) is 2. The number of rotatable bonds is 1. The van der Waals surface area contributed by atoms with Crippen molar-refractivity contribution in [3.8, 4) is 0 Å². The summed E-state index contributed by atoms with van der Waals surface area (Å²) in [5.41, 5.74) is 12.4. The Balaban J connectivity index is 0.000000671. The van der Waals surface area contributed by atoms with Crippen molar-refractivity contribution in [3.63, 3.8) is 0 Å². The molecule has 0 aromatic heterocycles. The molecule has 0 saturated heterocycles. The van der Waals surface area contributed by atoms with Gasteiger partial charge in [-0.25, -0.2) is 0 Å². The van der Waals surface area contributed by atoms with Crippen LogP contribution in [0.5, 0.6) is 0 Å². The van der Waals surface area contributed by atoms with E-state index >= 15 is 0 Å². The maximum absolute atomic E-state index is 10.7. The van der Waals surface area contributed by atoms with Crippen LogP contribution in [0.1, 0.15) is 29.8 Å². The van der Waals surface area contributed by atoms with Crippen molar-refractivity contribution in [2.24, 2.45) is 5.73 Å². The summed E-state index contributed by atoms with van der Waals surface area (Å²) >= 11 is 0. The topological polar surface area (TPSA) is 69.1 Å². The fourth-order valence-electron chi connectivity index (χ4n) is 0.896. The molecule has 3 heteroatoms. The molecule has 1 rings (SSSR count). The molecule has 72 valence electrons. The minimum absolute atomic E-state index is 0.394. The summed E-state index contributed by atoms with van der Waals surface area (Å²) in [6, 6.07) is 5.21. The maximum Gasteiger partial charge on any atom is 0.250 e. The normalized spacial score (nSPS) is 8.54. The van der Waals surface area contributed by atoms with E-state index < -0.39 is 5.91 Å². The third-order valence-corrected chi connectivity index (χ3v) is 1.59. The summed E-state index contributed by atoms with van der Waals surface area (Å²) < 4.78 is 0. The zero-order valence-electron chi connectivity index (χ0n) is 8.29. The molecule has 0 unspecified atom stereocenters. The van der Waals surface area contributed by atoms with E-state index in [2.05, 4.69) is 0 Å². The second-order valence-electron chi connectivity index (χ2n) is 2.40. The Labute approximate surface area is 78.7 Å². The van der Waals surface area contributed by atoms with Crippen LogP contribution < -0.4 is 11.5 Å². The zero-order valence-corrected chi connectivity index (χ0v) is 8.29. The lowest BCUT2D eigenvalue weighted by Gasteiger charge is -2.02. The average molecular weight is 180 g/mol. The first-order valence-corrected chi connectivity index (χ1v) is 4.28. The predicted octanol–water partition coefficient (Wildman–Crippen LogP) is 1.70. The first-order chi connectivity index (χ1) is 6.13. The third kappa shape index (κ3) is 2.78. The molecular weight excluding hydrogens is 164 g/mol. The smallest absolute Gasteiger partial charge is 0.250 e. The summed E-state index contributed by atoms with van der Waals surface area (Å²) in [5, 5.41) is 0. The van der Waals surface area contributed by atoms with Crippen molar-refractivity contribution < 1.29 is 4.79 Å². The highest BCUT2D eigenvalue weighted by Gasteiger charge is 2.05. The van der Waals surface area contributed by atoms with Gasteiger partial charge in [-0.1, -0.05) is 26.0 Å². The highest BCUT2D eigenvalue weighted by Crippen LogP contribution is 2.14. The summed E-state index contributed by atoms with van der Waals surface area (Å²) in [7, 11) is 0. The minimum Gasteiger partial charge on any atom is -0.398 e. The number of carbonyl (C=O) groups excluding carboxylic acids is 1. The van der Waals surface area contributed by atoms with Gasteiger partial charge in [0.05, 0.1) is 5.56 Å². The molecule has 0 saturated carbocycles. The SMILES string of the molecule is CC.Cc1cccc(C(N)=O)c1N. The molecule has 0 fully saturated rings. The van der Waals surface area contributed by atoms with E-state index in [0.29, 0.717) is 11.3 Å². The van der Waals surface area contributed by atoms with Crippen molar-refractivity contribution in [2.45, 2.75) is 20.8 Å². The van der Waals surface area contributed by atoms with Gasteiger partial charge in [-0.15, -0.1) is 0 Å². The molecule has 0 spiro atoms. The van der Waals surface area contributed by atoms with Crippen LogP contribution >= 0.6 is 0 Å². The molecule has 0 atom stereocenters. The number of amides is 1. The lowest BCUT2D eigenvalue weighted by molar-refractivity contribution is 0.100. The number of carbonyl (C=O) groups is 1. The number of benzene rings is 1. The van der Waals surface area contributed by atoms with Crippen molar-refractivity contribution >= 4 is 11.6 Å². The van der Waals surface area contributed by atoms with E-state index in [1.54, 1.807) is 12.1 Å². The van der Waals surface area contributed by atoms with Crippen molar-refractivity contribution in [3.05, 3.63) is 29.3 Å². The Bertz CT molecular complexity index is 295. The summed E-state index contributed by atoms with van der Waals surface area (Å²) in [6.07, 6.45) is 0. The van der Waals surface area contributed by atoms with Crippen LogP contribution in [-0.2, 0) is 0 Å². The molecule has 3 nitrogen and oxygen atoms in total. The van der Waals surface area contributed by atoms with Gasteiger partial charge in [0.25, 0.3) is 5.91 Å². The van der Waals surface area contributed by atoms with Gasteiger partial charge in [-0.3, -0.25) is 4.79 Å². The van der Waals surface area contributed by atoms with Crippen LogP contribution in [0.4, 0.5) is 5.69 Å². The molecule has 1 aromatic carbocycles. The van der Waals surface area contributed by atoms with Crippen molar-refractivity contribution in [1.82, 2.24) is 0 Å². The Morgan fingerprint density at radius 3 is 2.23 bits per heavy atom. The molecule has 0 bridgehead atoms. The Kier molecular flexibility index (Phi) is 4.59. The summed E-state index contributed by atoms with van der Waals surface area (Å²) in [5.74, 6) is -0.480. The van der Waals surface area contributed by atoms with Crippen LogP contribution in [0.2, 0.25) is 0 Å². The molecule has 1 amide bonds. The highest BCUT2D eigenvalue weighted by molar-refractivity contribution is 5.98. The second kappa shape index (κ2) is 5.19. The van der Waals surface area contributed by atoms with Gasteiger partial charge >= 0.3 is 0 Å². The van der Waals surface area contributed by atoms with Gasteiger partial charge in [0, 0.05) is 5.69 Å². The molecular formula is C10H16N2O. The van der Waals surface area contributed by atoms with Gasteiger partial charge in [-0.05, 0) is 18.6 Å². The lowest BCUT2D eigenvalue weighted by Crippen LogP contribution is -2.13. The third-order valence-electron chi connectivity index (χ3n) is 1.59. The van der Waals surface area contributed by atoms with Crippen LogP contribution in [0.3, 0.4) is 0 Å². The van der Waals surface area contributed by atoms with E-state index in [1.807, 2.05) is 26.8 Å². The monoisotopic (exact) mass is 180 g/mol. The molecule has 0 radical (unpaired) electrons. The Hall–Kier alpha value is -1.51. The van der Waals surface area contributed by atoms with Gasteiger partial charge in [0.2, 0.25) is 0 Å². The number of primary amides is 1. The first kappa shape index (κ1) is 11.5. The average Bonchev–Trinajstić information content (AvgIpc) is 2.13. The molecule has 0 aliphatic carbocycles. The minimum atomic E-state index is -0.480. The van der Waals surface area contributed by atoms with E-state index in [-0.39, 0.29) is 0 Å². The number of aryl methyl sites for hydroxylation is 1. The standard InChI is InChI=1S/C8H10N2O.C2H6/c1-5-3-2-4-6(7(5)9)8(10)11;1-2/h2-4H,9H2,1H3,(H2,10,11);1-2H3. The van der Waals surface area contributed by atoms with Crippen LogP contribution in [0.25, 0.3) is 0 Å². The fourth-order valence-corrected chi connectivity index (χ4v) is 0.896. The summed E-state index contributed by atoms with van der Waals surface area (Å²) in [4.78, 5) is 10.7. The molecule has 0 heterocycles. The number of nitrogen functional groups attached to an aromatic ring is 1. The van der Waals surface area contributed by atoms with Gasteiger partial charge in [0.15, 0.2) is 0 Å². The van der Waals surface area contributed by atoms with E-state index in [1.165, 1.54) is 0 Å². The van der Waals surface area contributed by atoms with Crippen LogP contribution in [-0.4, -0.2) is 5.91 Å². The number of hydrogen-bond acceptors (Lipinski definition) is 2.